The van der Waals surface area contributed by atoms with E-state index in [1.54, 1.807) is 6.20 Å². The van der Waals surface area contributed by atoms with Gasteiger partial charge in [-0.05, 0) is 41.1 Å². The highest BCUT2D eigenvalue weighted by molar-refractivity contribution is 9.10. The van der Waals surface area contributed by atoms with Crippen LogP contribution >= 0.6 is 38.9 Å². The average Bonchev–Trinajstić information content (AvgIpc) is 2.76. The molecule has 0 aliphatic rings. The third kappa shape index (κ3) is 3.76. The van der Waals surface area contributed by atoms with Gasteiger partial charge in [0.25, 0.3) is 0 Å². The van der Waals surface area contributed by atoms with Gasteiger partial charge in [-0.3, -0.25) is 0 Å². The minimum absolute atomic E-state index is 0.164. The van der Waals surface area contributed by atoms with Crippen LogP contribution in [0.5, 0.6) is 0 Å². The van der Waals surface area contributed by atoms with E-state index in [0.717, 1.165) is 9.88 Å². The van der Waals surface area contributed by atoms with Crippen molar-refractivity contribution in [2.45, 2.75) is 18.4 Å². The number of nitrogens with one attached hydrogen (secondary N) is 1. The fraction of sp³-hybridized carbons (Fsp3) is 0.182. The van der Waals surface area contributed by atoms with E-state index in [1.165, 1.54) is 29.5 Å². The fourth-order valence-electron chi connectivity index (χ4n) is 1.37. The SMILES string of the molecule is Cc1cnc(CNS(=O)(=O)c2ccc(Cl)c(Br)c2)s1. The molecule has 1 heterocycles. The molecule has 0 fully saturated rings. The van der Waals surface area contributed by atoms with Crippen LogP contribution in [0.1, 0.15) is 9.88 Å². The van der Waals surface area contributed by atoms with Crippen molar-refractivity contribution < 1.29 is 8.42 Å². The van der Waals surface area contributed by atoms with Crippen molar-refractivity contribution >= 4 is 48.9 Å². The smallest absolute Gasteiger partial charge is 0.240 e. The zero-order valence-electron chi connectivity index (χ0n) is 9.85. The molecule has 1 aromatic heterocycles. The Labute approximate surface area is 129 Å². The molecule has 0 saturated heterocycles. The maximum absolute atomic E-state index is 12.1. The van der Waals surface area contributed by atoms with Crippen LogP contribution in [-0.2, 0) is 16.6 Å². The van der Waals surface area contributed by atoms with Gasteiger partial charge in [-0.1, -0.05) is 11.6 Å². The average molecular weight is 382 g/mol. The van der Waals surface area contributed by atoms with E-state index in [1.807, 2.05) is 6.92 Å². The molecule has 1 aromatic carbocycles. The zero-order valence-corrected chi connectivity index (χ0v) is 13.8. The van der Waals surface area contributed by atoms with E-state index in [9.17, 15) is 8.42 Å². The summed E-state index contributed by atoms with van der Waals surface area (Å²) >= 11 is 10.5. The molecule has 0 unspecified atom stereocenters. The van der Waals surface area contributed by atoms with Crippen molar-refractivity contribution in [2.75, 3.05) is 0 Å². The van der Waals surface area contributed by atoms with Crippen molar-refractivity contribution in [1.29, 1.82) is 0 Å². The summed E-state index contributed by atoms with van der Waals surface area (Å²) in [7, 11) is -3.56. The van der Waals surface area contributed by atoms with E-state index in [0.29, 0.717) is 9.50 Å². The summed E-state index contributed by atoms with van der Waals surface area (Å²) in [6, 6.07) is 4.47. The van der Waals surface area contributed by atoms with Gasteiger partial charge >= 0.3 is 0 Å². The van der Waals surface area contributed by atoms with Crippen molar-refractivity contribution in [2.24, 2.45) is 0 Å². The molecule has 8 heteroatoms. The predicted octanol–water partition coefficient (Wildman–Crippen LogP) is 3.35. The Morgan fingerprint density at radius 2 is 2.21 bits per heavy atom. The molecular formula is C11H10BrClN2O2S2. The highest BCUT2D eigenvalue weighted by Crippen LogP contribution is 2.25. The summed E-state index contributed by atoms with van der Waals surface area (Å²) in [5.74, 6) is 0. The van der Waals surface area contributed by atoms with Crippen LogP contribution < -0.4 is 4.72 Å². The molecule has 0 spiro atoms. The monoisotopic (exact) mass is 380 g/mol. The van der Waals surface area contributed by atoms with Gasteiger partial charge in [0.1, 0.15) is 5.01 Å². The number of nitrogens with zero attached hydrogens (tertiary/aromatic N) is 1. The Morgan fingerprint density at radius 1 is 1.47 bits per heavy atom. The van der Waals surface area contributed by atoms with E-state index >= 15 is 0 Å². The highest BCUT2D eigenvalue weighted by atomic mass is 79.9. The molecule has 102 valence electrons. The molecule has 1 N–H and O–H groups in total. The standard InChI is InChI=1S/C11H10BrClN2O2S2/c1-7-5-14-11(18-7)6-15-19(16,17)8-2-3-10(13)9(12)4-8/h2-5,15H,6H2,1H3. The van der Waals surface area contributed by atoms with Crippen molar-refractivity contribution in [3.63, 3.8) is 0 Å². The number of sulfonamides is 1. The molecule has 19 heavy (non-hydrogen) atoms. The lowest BCUT2D eigenvalue weighted by molar-refractivity contribution is 0.581. The van der Waals surface area contributed by atoms with E-state index in [4.69, 9.17) is 11.6 Å². The lowest BCUT2D eigenvalue weighted by atomic mass is 10.4. The Morgan fingerprint density at radius 3 is 2.79 bits per heavy atom. The van der Waals surface area contributed by atoms with E-state index < -0.39 is 10.0 Å². The summed E-state index contributed by atoms with van der Waals surface area (Å²) in [6.07, 6.45) is 1.72. The van der Waals surface area contributed by atoms with E-state index in [2.05, 4.69) is 25.6 Å². The van der Waals surface area contributed by atoms with Gasteiger partial charge in [0.15, 0.2) is 0 Å². The molecule has 0 aliphatic carbocycles. The molecule has 0 bridgehead atoms. The number of aromatic nitrogens is 1. The first kappa shape index (κ1) is 14.9. The first-order chi connectivity index (χ1) is 8.88. The number of rotatable bonds is 4. The van der Waals surface area contributed by atoms with Crippen LogP contribution in [-0.4, -0.2) is 13.4 Å². The Hall–Kier alpha value is -0.470. The summed E-state index contributed by atoms with van der Waals surface area (Å²) in [5.41, 5.74) is 0. The van der Waals surface area contributed by atoms with Crippen LogP contribution in [0.3, 0.4) is 0 Å². The molecule has 2 rings (SSSR count). The van der Waals surface area contributed by atoms with Gasteiger partial charge in [-0.2, -0.15) is 0 Å². The van der Waals surface area contributed by atoms with Crippen LogP contribution in [0.2, 0.25) is 5.02 Å². The minimum atomic E-state index is -3.56. The second-order valence-corrected chi connectivity index (χ2v) is 8.11. The molecular weight excluding hydrogens is 372 g/mol. The quantitative estimate of drug-likeness (QED) is 0.883. The number of halogens is 2. The van der Waals surface area contributed by atoms with Gasteiger partial charge in [0.05, 0.1) is 16.5 Å². The molecule has 0 aliphatic heterocycles. The maximum Gasteiger partial charge on any atom is 0.240 e. The number of thiazole rings is 1. The van der Waals surface area contributed by atoms with Crippen LogP contribution in [0.4, 0.5) is 0 Å². The summed E-state index contributed by atoms with van der Waals surface area (Å²) < 4.78 is 27.2. The maximum atomic E-state index is 12.1. The lowest BCUT2D eigenvalue weighted by Crippen LogP contribution is -2.23. The third-order valence-corrected chi connectivity index (χ3v) is 5.81. The number of benzene rings is 1. The van der Waals surface area contributed by atoms with Gasteiger partial charge in [-0.15, -0.1) is 11.3 Å². The number of hydrogen-bond donors (Lipinski definition) is 1. The molecule has 4 nitrogen and oxygen atoms in total. The molecule has 0 atom stereocenters. The molecule has 0 radical (unpaired) electrons. The molecule has 0 saturated carbocycles. The minimum Gasteiger partial charge on any atom is -0.248 e. The first-order valence-electron chi connectivity index (χ1n) is 5.24. The summed E-state index contributed by atoms with van der Waals surface area (Å²) in [5, 5.41) is 1.20. The fourth-order valence-corrected chi connectivity index (χ4v) is 3.85. The van der Waals surface area contributed by atoms with Crippen LogP contribution in [0.25, 0.3) is 0 Å². The van der Waals surface area contributed by atoms with Crippen molar-refractivity contribution in [3.8, 4) is 0 Å². The second-order valence-electron chi connectivity index (χ2n) is 3.77. The summed E-state index contributed by atoms with van der Waals surface area (Å²) in [4.78, 5) is 5.31. The largest absolute Gasteiger partial charge is 0.248 e. The molecule has 2 aromatic rings. The summed E-state index contributed by atoms with van der Waals surface area (Å²) in [6.45, 7) is 2.10. The van der Waals surface area contributed by atoms with Gasteiger partial charge in [0.2, 0.25) is 10.0 Å². The number of hydrogen-bond acceptors (Lipinski definition) is 4. The van der Waals surface area contributed by atoms with Crippen LogP contribution in [0, 0.1) is 6.92 Å². The Kier molecular flexibility index (Phi) is 4.62. The zero-order chi connectivity index (χ0) is 14.0. The predicted molar refractivity (Wildman–Crippen MR) is 80.0 cm³/mol. The van der Waals surface area contributed by atoms with Gasteiger partial charge in [-0.25, -0.2) is 18.1 Å². The first-order valence-corrected chi connectivity index (χ1v) is 8.71. The third-order valence-electron chi connectivity index (χ3n) is 2.28. The molecule has 0 amide bonds. The Bertz CT molecular complexity index is 700. The normalized spacial score (nSPS) is 11.7. The Balaban J connectivity index is 2.16. The highest BCUT2D eigenvalue weighted by Gasteiger charge is 2.15. The van der Waals surface area contributed by atoms with Crippen molar-refractivity contribution in [3.05, 3.63) is 43.8 Å². The lowest BCUT2D eigenvalue weighted by Gasteiger charge is -2.06. The van der Waals surface area contributed by atoms with E-state index in [-0.39, 0.29) is 11.4 Å². The topological polar surface area (TPSA) is 59.1 Å². The second kappa shape index (κ2) is 5.88. The van der Waals surface area contributed by atoms with Crippen molar-refractivity contribution in [1.82, 2.24) is 9.71 Å². The number of aryl methyl sites for hydroxylation is 1. The van der Waals surface area contributed by atoms with Gasteiger partial charge < -0.3 is 0 Å². The van der Waals surface area contributed by atoms with Gasteiger partial charge in [0, 0.05) is 15.5 Å². The van der Waals surface area contributed by atoms with Crippen LogP contribution in [0.15, 0.2) is 33.8 Å².